The van der Waals surface area contributed by atoms with Gasteiger partial charge >= 0.3 is 0 Å². The van der Waals surface area contributed by atoms with Crippen LogP contribution in [0.15, 0.2) is 24.3 Å². The second-order valence-electron chi connectivity index (χ2n) is 4.16. The van der Waals surface area contributed by atoms with Gasteiger partial charge in [0, 0.05) is 11.5 Å². The Bertz CT molecular complexity index is 566. The highest BCUT2D eigenvalue weighted by molar-refractivity contribution is 5.55. The third-order valence-electron chi connectivity index (χ3n) is 2.70. The van der Waals surface area contributed by atoms with E-state index in [1.54, 1.807) is 12.1 Å². The molecule has 86 valence electrons. The predicted molar refractivity (Wildman–Crippen MR) is 61.6 cm³/mol. The van der Waals surface area contributed by atoms with Crippen molar-refractivity contribution < 1.29 is 4.39 Å². The minimum Gasteiger partial charge on any atom is -0.368 e. The van der Waals surface area contributed by atoms with Gasteiger partial charge in [-0.1, -0.05) is 12.1 Å². The standard InChI is InChI=1S/C12H11FN4/c13-9-3-1-2-8(6-9)11-15-10(7-4-5-7)16-12(14)17-11/h1-3,6-7H,4-5H2,(H2,14,15,16,17). The molecular formula is C12H11FN4. The molecule has 1 aliphatic rings. The molecule has 1 heterocycles. The first kappa shape index (κ1) is 10.1. The molecule has 1 aromatic carbocycles. The number of nitrogen functional groups attached to an aromatic ring is 1. The molecule has 0 aliphatic heterocycles. The average molecular weight is 230 g/mol. The van der Waals surface area contributed by atoms with Gasteiger partial charge in [-0.05, 0) is 25.0 Å². The number of hydrogen-bond donors (Lipinski definition) is 1. The van der Waals surface area contributed by atoms with Gasteiger partial charge in [-0.15, -0.1) is 0 Å². The summed E-state index contributed by atoms with van der Waals surface area (Å²) in [6.07, 6.45) is 2.18. The highest BCUT2D eigenvalue weighted by Crippen LogP contribution is 2.38. The van der Waals surface area contributed by atoms with Crippen LogP contribution >= 0.6 is 0 Å². The topological polar surface area (TPSA) is 64.7 Å². The fraction of sp³-hybridized carbons (Fsp3) is 0.250. The maximum Gasteiger partial charge on any atom is 0.223 e. The van der Waals surface area contributed by atoms with Crippen molar-refractivity contribution in [2.24, 2.45) is 0 Å². The van der Waals surface area contributed by atoms with Crippen molar-refractivity contribution in [2.45, 2.75) is 18.8 Å². The summed E-state index contributed by atoms with van der Waals surface area (Å²) in [5.74, 6) is 1.44. The quantitative estimate of drug-likeness (QED) is 0.858. The Labute approximate surface area is 97.7 Å². The van der Waals surface area contributed by atoms with Crippen molar-refractivity contribution in [3.63, 3.8) is 0 Å². The smallest absolute Gasteiger partial charge is 0.223 e. The molecule has 3 rings (SSSR count). The van der Waals surface area contributed by atoms with Crippen LogP contribution in [0.4, 0.5) is 10.3 Å². The maximum atomic E-state index is 13.1. The number of rotatable bonds is 2. The first-order valence-corrected chi connectivity index (χ1v) is 5.50. The highest BCUT2D eigenvalue weighted by atomic mass is 19.1. The van der Waals surface area contributed by atoms with Crippen molar-refractivity contribution in [3.05, 3.63) is 35.9 Å². The molecule has 0 amide bonds. The van der Waals surface area contributed by atoms with E-state index in [9.17, 15) is 4.39 Å². The zero-order valence-corrected chi connectivity index (χ0v) is 9.10. The summed E-state index contributed by atoms with van der Waals surface area (Å²) in [5, 5.41) is 0. The van der Waals surface area contributed by atoms with E-state index in [-0.39, 0.29) is 11.8 Å². The van der Waals surface area contributed by atoms with E-state index in [1.165, 1.54) is 12.1 Å². The number of aromatic nitrogens is 3. The van der Waals surface area contributed by atoms with Crippen molar-refractivity contribution in [1.29, 1.82) is 0 Å². The second kappa shape index (κ2) is 3.76. The molecule has 2 N–H and O–H groups in total. The third kappa shape index (κ3) is 2.08. The van der Waals surface area contributed by atoms with E-state index < -0.39 is 0 Å². The van der Waals surface area contributed by atoms with Crippen LogP contribution in [-0.4, -0.2) is 15.0 Å². The first-order valence-electron chi connectivity index (χ1n) is 5.50. The maximum absolute atomic E-state index is 13.1. The number of hydrogen-bond acceptors (Lipinski definition) is 4. The second-order valence-corrected chi connectivity index (χ2v) is 4.16. The molecule has 0 bridgehead atoms. The Morgan fingerprint density at radius 3 is 2.71 bits per heavy atom. The van der Waals surface area contributed by atoms with Crippen molar-refractivity contribution in [3.8, 4) is 11.4 Å². The van der Waals surface area contributed by atoms with Crippen molar-refractivity contribution in [1.82, 2.24) is 15.0 Å². The predicted octanol–water partition coefficient (Wildman–Crippen LogP) is 2.14. The van der Waals surface area contributed by atoms with Crippen LogP contribution in [0.2, 0.25) is 0 Å². The van der Waals surface area contributed by atoms with Gasteiger partial charge in [0.2, 0.25) is 5.95 Å². The summed E-state index contributed by atoms with van der Waals surface area (Å²) in [4.78, 5) is 12.5. The van der Waals surface area contributed by atoms with Gasteiger partial charge in [-0.25, -0.2) is 9.37 Å². The number of nitrogens with zero attached hydrogens (tertiary/aromatic N) is 3. The molecule has 0 radical (unpaired) electrons. The minimum absolute atomic E-state index is 0.196. The lowest BCUT2D eigenvalue weighted by molar-refractivity contribution is 0.628. The van der Waals surface area contributed by atoms with Gasteiger partial charge in [-0.3, -0.25) is 0 Å². The van der Waals surface area contributed by atoms with Crippen LogP contribution in [0.25, 0.3) is 11.4 Å². The van der Waals surface area contributed by atoms with Crippen LogP contribution in [0.5, 0.6) is 0 Å². The van der Waals surface area contributed by atoms with Gasteiger partial charge in [0.15, 0.2) is 5.82 Å². The lowest BCUT2D eigenvalue weighted by atomic mass is 10.2. The highest BCUT2D eigenvalue weighted by Gasteiger charge is 2.27. The van der Waals surface area contributed by atoms with E-state index >= 15 is 0 Å². The van der Waals surface area contributed by atoms with E-state index in [4.69, 9.17) is 5.73 Å². The van der Waals surface area contributed by atoms with E-state index in [0.29, 0.717) is 17.3 Å². The lowest BCUT2D eigenvalue weighted by Crippen LogP contribution is -2.04. The molecule has 17 heavy (non-hydrogen) atoms. The molecule has 5 heteroatoms. The Hall–Kier alpha value is -2.04. The molecule has 0 unspecified atom stereocenters. The third-order valence-corrected chi connectivity index (χ3v) is 2.70. The Balaban J connectivity index is 2.07. The molecule has 1 aromatic heterocycles. The van der Waals surface area contributed by atoms with Gasteiger partial charge in [0.1, 0.15) is 11.6 Å². The summed E-state index contributed by atoms with van der Waals surface area (Å²) in [5.41, 5.74) is 6.27. The molecule has 1 fully saturated rings. The number of nitrogens with two attached hydrogens (primary N) is 1. The van der Waals surface area contributed by atoms with E-state index in [0.717, 1.165) is 18.7 Å². The zero-order valence-electron chi connectivity index (χ0n) is 9.10. The summed E-state index contributed by atoms with van der Waals surface area (Å²) >= 11 is 0. The molecule has 4 nitrogen and oxygen atoms in total. The van der Waals surface area contributed by atoms with Gasteiger partial charge in [0.05, 0.1) is 0 Å². The van der Waals surface area contributed by atoms with Crippen LogP contribution in [-0.2, 0) is 0 Å². The number of benzene rings is 1. The van der Waals surface area contributed by atoms with Crippen LogP contribution in [0, 0.1) is 5.82 Å². The summed E-state index contributed by atoms with van der Waals surface area (Å²) in [7, 11) is 0. The Kier molecular flexibility index (Phi) is 2.24. The Morgan fingerprint density at radius 2 is 2.00 bits per heavy atom. The fourth-order valence-corrected chi connectivity index (χ4v) is 1.69. The van der Waals surface area contributed by atoms with Crippen LogP contribution in [0.3, 0.4) is 0 Å². The van der Waals surface area contributed by atoms with Gasteiger partial charge < -0.3 is 5.73 Å². The SMILES string of the molecule is Nc1nc(-c2cccc(F)c2)nc(C2CC2)n1. The molecule has 1 saturated carbocycles. The fourth-order valence-electron chi connectivity index (χ4n) is 1.69. The van der Waals surface area contributed by atoms with Gasteiger partial charge in [0.25, 0.3) is 0 Å². The number of halogens is 1. The van der Waals surface area contributed by atoms with E-state index in [2.05, 4.69) is 15.0 Å². The van der Waals surface area contributed by atoms with Crippen LogP contribution in [0.1, 0.15) is 24.6 Å². The van der Waals surface area contributed by atoms with E-state index in [1.807, 2.05) is 0 Å². The summed E-state index contributed by atoms with van der Waals surface area (Å²) in [6.45, 7) is 0. The molecule has 0 spiro atoms. The first-order chi connectivity index (χ1) is 8.22. The van der Waals surface area contributed by atoms with Crippen molar-refractivity contribution in [2.75, 3.05) is 5.73 Å². The number of anilines is 1. The molecule has 0 atom stereocenters. The molecule has 0 saturated heterocycles. The monoisotopic (exact) mass is 230 g/mol. The summed E-state index contributed by atoms with van der Waals surface area (Å²) < 4.78 is 13.1. The van der Waals surface area contributed by atoms with Crippen LogP contribution < -0.4 is 5.73 Å². The summed E-state index contributed by atoms with van der Waals surface area (Å²) in [6, 6.07) is 6.16. The average Bonchev–Trinajstić information content (AvgIpc) is 3.12. The Morgan fingerprint density at radius 1 is 1.18 bits per heavy atom. The van der Waals surface area contributed by atoms with Crippen molar-refractivity contribution >= 4 is 5.95 Å². The van der Waals surface area contributed by atoms with Gasteiger partial charge in [-0.2, -0.15) is 9.97 Å². The molecule has 1 aliphatic carbocycles. The molecule has 2 aromatic rings. The molecular weight excluding hydrogens is 219 g/mol. The largest absolute Gasteiger partial charge is 0.368 e. The normalized spacial score (nSPS) is 14.9. The zero-order chi connectivity index (χ0) is 11.8. The minimum atomic E-state index is -0.311. The lowest BCUT2D eigenvalue weighted by Gasteiger charge is -2.04.